The highest BCUT2D eigenvalue weighted by Crippen LogP contribution is 2.45. The normalized spacial score (nSPS) is 31.2. The fraction of sp³-hybridized carbons (Fsp3) is 0.588. The molecule has 1 aliphatic carbocycles. The molecule has 0 unspecified atom stereocenters. The number of nitrogens with one attached hydrogen (secondary N) is 2. The number of urea groups is 1. The molecule has 1 aromatic carbocycles. The summed E-state index contributed by atoms with van der Waals surface area (Å²) in [6.45, 7) is 0.744. The second-order valence-electron chi connectivity index (χ2n) is 6.75. The topological polar surface area (TPSA) is 53.6 Å². The van der Waals surface area contributed by atoms with Crippen molar-refractivity contribution in [1.82, 2.24) is 15.5 Å². The second-order valence-corrected chi connectivity index (χ2v) is 6.75. The van der Waals surface area contributed by atoms with Crippen LogP contribution < -0.4 is 15.4 Å². The third-order valence-corrected chi connectivity index (χ3v) is 5.46. The monoisotopic (exact) mass is 303 g/mol. The number of rotatable bonds is 3. The largest absolute Gasteiger partial charge is 0.497 e. The number of ether oxygens (including phenoxy) is 1. The third-order valence-electron chi connectivity index (χ3n) is 5.46. The van der Waals surface area contributed by atoms with Gasteiger partial charge in [0.2, 0.25) is 0 Å². The van der Waals surface area contributed by atoms with E-state index in [9.17, 15) is 4.79 Å². The Labute approximate surface area is 132 Å². The average Bonchev–Trinajstić information content (AvgIpc) is 2.89. The third kappa shape index (κ3) is 2.43. The summed E-state index contributed by atoms with van der Waals surface area (Å²) in [5, 5.41) is 6.04. The van der Waals surface area contributed by atoms with Gasteiger partial charge in [0.1, 0.15) is 5.75 Å². The van der Waals surface area contributed by atoms with Crippen molar-refractivity contribution in [2.75, 3.05) is 27.7 Å². The second kappa shape index (κ2) is 5.47. The standard InChI is InChI=1S/C17H25N3O2/c1-20(2)17(13-5-4-6-14(11-13)22-3)9-7-16(8-10-17)12-18-15(21)19-16/h4-6,11H,7-10,12H2,1-3H3,(H2,18,19,21)/t16-,17+. The van der Waals surface area contributed by atoms with Crippen LogP contribution in [0.1, 0.15) is 31.2 Å². The molecule has 5 heteroatoms. The molecule has 1 saturated carbocycles. The van der Waals surface area contributed by atoms with Crippen LogP contribution in [-0.2, 0) is 5.54 Å². The first-order chi connectivity index (χ1) is 10.5. The van der Waals surface area contributed by atoms with Gasteiger partial charge in [0.25, 0.3) is 0 Å². The molecule has 2 aliphatic rings. The first-order valence-corrected chi connectivity index (χ1v) is 7.88. The summed E-state index contributed by atoms with van der Waals surface area (Å²) in [6, 6.07) is 8.34. The lowest BCUT2D eigenvalue weighted by molar-refractivity contribution is 0.0651. The van der Waals surface area contributed by atoms with Crippen molar-refractivity contribution in [2.24, 2.45) is 0 Å². The Balaban J connectivity index is 1.87. The van der Waals surface area contributed by atoms with Gasteiger partial charge in [-0.25, -0.2) is 4.79 Å². The Morgan fingerprint density at radius 3 is 2.45 bits per heavy atom. The number of carbonyl (C=O) groups excluding carboxylic acids is 1. The van der Waals surface area contributed by atoms with Crippen molar-refractivity contribution in [1.29, 1.82) is 0 Å². The van der Waals surface area contributed by atoms with Crippen LogP contribution >= 0.6 is 0 Å². The van der Waals surface area contributed by atoms with E-state index < -0.39 is 0 Å². The van der Waals surface area contributed by atoms with Gasteiger partial charge in [0.15, 0.2) is 0 Å². The van der Waals surface area contributed by atoms with Gasteiger partial charge < -0.3 is 15.4 Å². The Kier molecular flexibility index (Phi) is 3.77. The van der Waals surface area contributed by atoms with E-state index in [1.807, 2.05) is 6.07 Å². The number of hydrogen-bond donors (Lipinski definition) is 2. The maximum atomic E-state index is 11.5. The smallest absolute Gasteiger partial charge is 0.315 e. The van der Waals surface area contributed by atoms with E-state index in [-0.39, 0.29) is 17.1 Å². The average molecular weight is 303 g/mol. The summed E-state index contributed by atoms with van der Waals surface area (Å²) >= 11 is 0. The highest BCUT2D eigenvalue weighted by Gasteiger charge is 2.47. The lowest BCUT2D eigenvalue weighted by Crippen LogP contribution is -2.53. The van der Waals surface area contributed by atoms with Gasteiger partial charge in [-0.1, -0.05) is 12.1 Å². The van der Waals surface area contributed by atoms with Crippen LogP contribution in [0.3, 0.4) is 0 Å². The maximum Gasteiger partial charge on any atom is 0.315 e. The summed E-state index contributed by atoms with van der Waals surface area (Å²) in [6.07, 6.45) is 4.02. The van der Waals surface area contributed by atoms with Crippen LogP contribution in [0.2, 0.25) is 0 Å². The van der Waals surface area contributed by atoms with Crippen LogP contribution in [0, 0.1) is 0 Å². The van der Waals surface area contributed by atoms with Crippen LogP contribution in [0.15, 0.2) is 24.3 Å². The Morgan fingerprint density at radius 1 is 1.18 bits per heavy atom. The molecule has 22 heavy (non-hydrogen) atoms. The molecule has 0 aromatic heterocycles. The quantitative estimate of drug-likeness (QED) is 0.899. The highest BCUT2D eigenvalue weighted by molar-refractivity contribution is 5.77. The van der Waals surface area contributed by atoms with Gasteiger partial charge in [-0.15, -0.1) is 0 Å². The van der Waals surface area contributed by atoms with E-state index in [0.29, 0.717) is 0 Å². The molecule has 1 aliphatic heterocycles. The molecule has 1 aromatic rings. The molecule has 0 bridgehead atoms. The van der Waals surface area contributed by atoms with Gasteiger partial charge in [-0.3, -0.25) is 4.90 Å². The SMILES string of the molecule is COc1cccc([C@]2(N(C)C)CC[C@@]3(CC2)CNC(=O)N3)c1. The number of benzene rings is 1. The first kappa shape index (κ1) is 15.2. The molecule has 1 saturated heterocycles. The molecule has 5 nitrogen and oxygen atoms in total. The minimum Gasteiger partial charge on any atom is -0.497 e. The van der Waals surface area contributed by atoms with Crippen molar-refractivity contribution < 1.29 is 9.53 Å². The number of hydrogen-bond acceptors (Lipinski definition) is 3. The number of amides is 2. The van der Waals surface area contributed by atoms with Gasteiger partial charge in [0.05, 0.1) is 12.6 Å². The van der Waals surface area contributed by atoms with E-state index in [2.05, 4.69) is 47.8 Å². The molecular formula is C17H25N3O2. The minimum absolute atomic E-state index is 0.00705. The number of nitrogens with zero attached hydrogens (tertiary/aromatic N) is 1. The minimum atomic E-state index is -0.0601. The van der Waals surface area contributed by atoms with Crippen molar-refractivity contribution in [3.63, 3.8) is 0 Å². The summed E-state index contributed by atoms with van der Waals surface area (Å²) in [5.74, 6) is 0.898. The Hall–Kier alpha value is -1.75. The van der Waals surface area contributed by atoms with Crippen LogP contribution in [0.4, 0.5) is 4.79 Å². The zero-order chi connectivity index (χ0) is 15.8. The zero-order valence-electron chi connectivity index (χ0n) is 13.6. The fourth-order valence-electron chi connectivity index (χ4n) is 3.93. The predicted octanol–water partition coefficient (Wildman–Crippen LogP) is 2.08. The van der Waals surface area contributed by atoms with Crippen LogP contribution in [-0.4, -0.2) is 44.2 Å². The van der Waals surface area contributed by atoms with Crippen LogP contribution in [0.25, 0.3) is 0 Å². The van der Waals surface area contributed by atoms with E-state index in [1.165, 1.54) is 5.56 Å². The lowest BCUT2D eigenvalue weighted by Gasteiger charge is -2.48. The van der Waals surface area contributed by atoms with E-state index in [0.717, 1.165) is 38.0 Å². The molecule has 2 N–H and O–H groups in total. The maximum absolute atomic E-state index is 11.5. The van der Waals surface area contributed by atoms with E-state index in [4.69, 9.17) is 4.74 Å². The van der Waals surface area contributed by atoms with E-state index in [1.54, 1.807) is 7.11 Å². The van der Waals surface area contributed by atoms with Gasteiger partial charge in [0, 0.05) is 12.1 Å². The van der Waals surface area contributed by atoms with Gasteiger partial charge in [-0.05, 0) is 57.5 Å². The zero-order valence-corrected chi connectivity index (χ0v) is 13.6. The summed E-state index contributed by atoms with van der Waals surface area (Å²) in [7, 11) is 5.99. The van der Waals surface area contributed by atoms with Crippen molar-refractivity contribution in [2.45, 2.75) is 36.8 Å². The molecule has 120 valence electrons. The Bertz CT molecular complexity index is 563. The highest BCUT2D eigenvalue weighted by atomic mass is 16.5. The molecule has 0 radical (unpaired) electrons. The first-order valence-electron chi connectivity index (χ1n) is 7.88. The van der Waals surface area contributed by atoms with Gasteiger partial charge in [-0.2, -0.15) is 0 Å². The van der Waals surface area contributed by atoms with Crippen molar-refractivity contribution >= 4 is 6.03 Å². The Morgan fingerprint density at radius 2 is 1.91 bits per heavy atom. The summed E-state index contributed by atoms with van der Waals surface area (Å²) in [5.41, 5.74) is 1.24. The van der Waals surface area contributed by atoms with Crippen molar-refractivity contribution in [3.05, 3.63) is 29.8 Å². The molecule has 2 amide bonds. The molecular weight excluding hydrogens is 278 g/mol. The van der Waals surface area contributed by atoms with Crippen LogP contribution in [0.5, 0.6) is 5.75 Å². The molecule has 3 rings (SSSR count). The van der Waals surface area contributed by atoms with Crippen molar-refractivity contribution in [3.8, 4) is 5.75 Å². The predicted molar refractivity (Wildman–Crippen MR) is 86.1 cm³/mol. The molecule has 2 fully saturated rings. The number of carbonyl (C=O) groups is 1. The summed E-state index contributed by atoms with van der Waals surface area (Å²) < 4.78 is 5.39. The molecule has 1 heterocycles. The molecule has 1 spiro atoms. The van der Waals surface area contributed by atoms with E-state index >= 15 is 0 Å². The summed E-state index contributed by atoms with van der Waals surface area (Å²) in [4.78, 5) is 13.8. The fourth-order valence-corrected chi connectivity index (χ4v) is 3.93. The number of methoxy groups -OCH3 is 1. The van der Waals surface area contributed by atoms with Gasteiger partial charge >= 0.3 is 6.03 Å². The molecule has 0 atom stereocenters. The lowest BCUT2D eigenvalue weighted by atomic mass is 9.69.